The second-order valence-electron chi connectivity index (χ2n) is 4.76. The summed E-state index contributed by atoms with van der Waals surface area (Å²) in [6.45, 7) is 2.40. The Kier molecular flexibility index (Phi) is 5.72. The summed E-state index contributed by atoms with van der Waals surface area (Å²) in [5.74, 6) is -0.610. The molecule has 0 radical (unpaired) electrons. The number of halogens is 1. The highest BCUT2D eigenvalue weighted by molar-refractivity contribution is 5.98. The summed E-state index contributed by atoms with van der Waals surface area (Å²) in [5.41, 5.74) is 0.715. The topological polar surface area (TPSA) is 44.9 Å². The lowest BCUT2D eigenvalue weighted by Gasteiger charge is -1.98. The van der Waals surface area contributed by atoms with E-state index in [1.54, 1.807) is 18.2 Å². The van der Waals surface area contributed by atoms with Crippen molar-refractivity contribution in [1.82, 2.24) is 10.3 Å². The Morgan fingerprint density at radius 1 is 1.27 bits per heavy atom. The van der Waals surface area contributed by atoms with Gasteiger partial charge in [-0.15, -0.1) is 0 Å². The molecule has 4 heteroatoms. The van der Waals surface area contributed by atoms with Gasteiger partial charge in [-0.05, 0) is 25.5 Å². The van der Waals surface area contributed by atoms with Crippen LogP contribution in [0.2, 0.25) is 0 Å². The number of benzene rings is 1. The van der Waals surface area contributed by atoms with Crippen LogP contribution in [0.25, 0.3) is 10.9 Å². The van der Waals surface area contributed by atoms with E-state index in [0.717, 1.165) is 6.42 Å². The molecular weight excluding hydrogens is 279 g/mol. The van der Waals surface area contributed by atoms with Crippen molar-refractivity contribution >= 4 is 16.8 Å². The molecule has 0 saturated heterocycles. The monoisotopic (exact) mass is 298 g/mol. The number of carbonyl (C=O) groups is 1. The number of H-pyrrole nitrogens is 1. The zero-order valence-corrected chi connectivity index (χ0v) is 12.5. The Hall–Kier alpha value is -2.62. The van der Waals surface area contributed by atoms with Crippen molar-refractivity contribution in [3.63, 3.8) is 0 Å². The van der Waals surface area contributed by atoms with E-state index in [2.05, 4.69) is 16.4 Å². The molecule has 114 valence electrons. The predicted molar refractivity (Wildman–Crippen MR) is 88.3 cm³/mol. The molecule has 2 N–H and O–H groups in total. The molecule has 2 aromatic rings. The van der Waals surface area contributed by atoms with Gasteiger partial charge in [0.1, 0.15) is 11.5 Å². The van der Waals surface area contributed by atoms with Crippen molar-refractivity contribution in [1.29, 1.82) is 0 Å². The van der Waals surface area contributed by atoms with Crippen LogP contribution in [0, 0.1) is 5.82 Å². The molecule has 0 fully saturated rings. The summed E-state index contributed by atoms with van der Waals surface area (Å²) in [4.78, 5) is 14.8. The quantitative estimate of drug-likeness (QED) is 0.611. The summed E-state index contributed by atoms with van der Waals surface area (Å²) in [5, 5.41) is 3.44. The van der Waals surface area contributed by atoms with Crippen molar-refractivity contribution < 1.29 is 9.18 Å². The lowest BCUT2D eigenvalue weighted by molar-refractivity contribution is 0.0954. The molecule has 1 amide bonds. The van der Waals surface area contributed by atoms with Crippen LogP contribution in [0.4, 0.5) is 4.39 Å². The number of hydrogen-bond donors (Lipinski definition) is 2. The molecule has 0 atom stereocenters. The smallest absolute Gasteiger partial charge is 0.267 e. The third-order valence-electron chi connectivity index (χ3n) is 3.12. The molecule has 3 nitrogen and oxygen atoms in total. The van der Waals surface area contributed by atoms with Gasteiger partial charge in [-0.25, -0.2) is 4.39 Å². The van der Waals surface area contributed by atoms with E-state index in [1.165, 1.54) is 6.07 Å². The van der Waals surface area contributed by atoms with Crippen LogP contribution in [0.3, 0.4) is 0 Å². The van der Waals surface area contributed by atoms with Gasteiger partial charge < -0.3 is 10.3 Å². The lowest BCUT2D eigenvalue weighted by atomic mass is 10.2. The first kappa shape index (κ1) is 15.8. The van der Waals surface area contributed by atoms with Crippen molar-refractivity contribution in [2.75, 3.05) is 6.54 Å². The van der Waals surface area contributed by atoms with Crippen LogP contribution in [0.15, 0.2) is 60.7 Å². The highest BCUT2D eigenvalue weighted by atomic mass is 19.1. The fourth-order valence-electron chi connectivity index (χ4n) is 2.01. The van der Waals surface area contributed by atoms with Gasteiger partial charge in [-0.3, -0.25) is 4.79 Å². The van der Waals surface area contributed by atoms with Crippen LogP contribution < -0.4 is 5.32 Å². The molecule has 0 saturated carbocycles. The van der Waals surface area contributed by atoms with Gasteiger partial charge in [-0.2, -0.15) is 0 Å². The zero-order chi connectivity index (χ0) is 15.8. The third kappa shape index (κ3) is 4.19. The molecule has 2 rings (SSSR count). The van der Waals surface area contributed by atoms with Crippen LogP contribution in [-0.2, 0) is 0 Å². The van der Waals surface area contributed by atoms with E-state index in [1.807, 2.05) is 37.3 Å². The number of hydrogen-bond acceptors (Lipinski definition) is 1. The summed E-state index contributed by atoms with van der Waals surface area (Å²) in [7, 11) is 0. The van der Waals surface area contributed by atoms with Crippen molar-refractivity contribution in [2.24, 2.45) is 0 Å². The second-order valence-corrected chi connectivity index (χ2v) is 4.76. The number of rotatable bonds is 6. The SMILES string of the molecule is C/C=C\C/C=C\C=C\CNC(=O)c1cc2cccc(F)c2[nH]1. The largest absolute Gasteiger partial charge is 0.348 e. The third-order valence-corrected chi connectivity index (χ3v) is 3.12. The zero-order valence-electron chi connectivity index (χ0n) is 12.5. The maximum atomic E-state index is 13.6. The number of allylic oxidation sites excluding steroid dienone is 5. The van der Waals surface area contributed by atoms with E-state index < -0.39 is 0 Å². The van der Waals surface area contributed by atoms with Gasteiger partial charge in [0, 0.05) is 11.9 Å². The molecule has 1 aromatic carbocycles. The molecule has 22 heavy (non-hydrogen) atoms. The standard InChI is InChI=1S/C18H19FN2O/c1-2-3-4-5-6-7-8-12-20-18(22)16-13-14-10-9-11-15(19)17(14)21-16/h2-3,5-11,13,21H,4,12H2,1H3,(H,20,22)/b3-2-,6-5-,8-7+. The average Bonchev–Trinajstić information content (AvgIpc) is 2.95. The first-order valence-corrected chi connectivity index (χ1v) is 7.20. The van der Waals surface area contributed by atoms with E-state index in [9.17, 15) is 9.18 Å². The molecule has 1 heterocycles. The average molecular weight is 298 g/mol. The fourth-order valence-corrected chi connectivity index (χ4v) is 2.01. The number of para-hydroxylation sites is 1. The second kappa shape index (κ2) is 7.98. The van der Waals surface area contributed by atoms with E-state index in [4.69, 9.17) is 0 Å². The number of carbonyl (C=O) groups excluding carboxylic acids is 1. The molecule has 0 aliphatic carbocycles. The molecule has 0 unspecified atom stereocenters. The van der Waals surface area contributed by atoms with Gasteiger partial charge in [0.05, 0.1) is 5.52 Å². The van der Waals surface area contributed by atoms with Gasteiger partial charge in [0.2, 0.25) is 0 Å². The van der Waals surface area contributed by atoms with Crippen molar-refractivity contribution in [2.45, 2.75) is 13.3 Å². The van der Waals surface area contributed by atoms with Crippen molar-refractivity contribution in [3.05, 3.63) is 72.2 Å². The Morgan fingerprint density at radius 3 is 2.86 bits per heavy atom. The minimum atomic E-state index is -0.359. The minimum Gasteiger partial charge on any atom is -0.348 e. The highest BCUT2D eigenvalue weighted by Crippen LogP contribution is 2.18. The van der Waals surface area contributed by atoms with Gasteiger partial charge in [0.15, 0.2) is 0 Å². The molecule has 0 bridgehead atoms. The Balaban J connectivity index is 1.87. The first-order valence-electron chi connectivity index (χ1n) is 7.20. The fraction of sp³-hybridized carbons (Fsp3) is 0.167. The van der Waals surface area contributed by atoms with Gasteiger partial charge in [-0.1, -0.05) is 48.6 Å². The first-order chi connectivity index (χ1) is 10.7. The molecule has 0 aliphatic heterocycles. The van der Waals surface area contributed by atoms with Crippen LogP contribution in [0.5, 0.6) is 0 Å². The van der Waals surface area contributed by atoms with E-state index in [0.29, 0.717) is 23.1 Å². The lowest BCUT2D eigenvalue weighted by Crippen LogP contribution is -2.23. The predicted octanol–water partition coefficient (Wildman–Crippen LogP) is 4.12. The maximum Gasteiger partial charge on any atom is 0.267 e. The van der Waals surface area contributed by atoms with Crippen LogP contribution in [0.1, 0.15) is 23.8 Å². The number of amides is 1. The van der Waals surface area contributed by atoms with E-state index in [-0.39, 0.29) is 11.7 Å². The number of fused-ring (bicyclic) bond motifs is 1. The maximum absolute atomic E-state index is 13.6. The minimum absolute atomic E-state index is 0.252. The highest BCUT2D eigenvalue weighted by Gasteiger charge is 2.10. The Bertz CT molecular complexity index is 726. The van der Waals surface area contributed by atoms with Crippen molar-refractivity contribution in [3.8, 4) is 0 Å². The molecule has 1 aromatic heterocycles. The van der Waals surface area contributed by atoms with E-state index >= 15 is 0 Å². The number of nitrogens with one attached hydrogen (secondary N) is 2. The number of aromatic nitrogens is 1. The summed E-state index contributed by atoms with van der Waals surface area (Å²) in [6.07, 6.45) is 12.7. The van der Waals surface area contributed by atoms with Gasteiger partial charge >= 0.3 is 0 Å². The van der Waals surface area contributed by atoms with Crippen LogP contribution >= 0.6 is 0 Å². The van der Waals surface area contributed by atoms with Gasteiger partial charge in [0.25, 0.3) is 5.91 Å². The Morgan fingerprint density at radius 2 is 2.09 bits per heavy atom. The number of aromatic amines is 1. The Labute approximate surface area is 129 Å². The molecule has 0 aliphatic rings. The summed E-state index contributed by atoms with van der Waals surface area (Å²) >= 11 is 0. The van der Waals surface area contributed by atoms with Crippen LogP contribution in [-0.4, -0.2) is 17.4 Å². The normalized spacial score (nSPS) is 12.1. The summed E-state index contributed by atoms with van der Waals surface area (Å²) < 4.78 is 13.6. The molecular formula is C18H19FN2O. The molecule has 0 spiro atoms. The summed E-state index contributed by atoms with van der Waals surface area (Å²) in [6, 6.07) is 6.40.